The Morgan fingerprint density at radius 3 is 2.48 bits per heavy atom. The van der Waals surface area contributed by atoms with Gasteiger partial charge in [-0.3, -0.25) is 9.59 Å². The van der Waals surface area contributed by atoms with E-state index in [0.717, 1.165) is 49.4 Å². The van der Waals surface area contributed by atoms with E-state index >= 15 is 0 Å². The fourth-order valence-corrected chi connectivity index (χ4v) is 3.44. The number of likely N-dealkylation sites (tertiary alicyclic amines) is 1. The molecule has 27 heavy (non-hydrogen) atoms. The third-order valence-electron chi connectivity index (χ3n) is 4.84. The molecule has 2 aromatic rings. The summed E-state index contributed by atoms with van der Waals surface area (Å²) in [6.07, 6.45) is 4.29. The SMILES string of the molecule is O=C(CCCc1ccc(Cl)cc1)NCc1cccc(C(=O)N2CCCC2)c1. The van der Waals surface area contributed by atoms with E-state index in [4.69, 9.17) is 11.6 Å². The van der Waals surface area contributed by atoms with Crippen molar-refractivity contribution >= 4 is 23.4 Å². The van der Waals surface area contributed by atoms with Crippen molar-refractivity contribution in [3.05, 3.63) is 70.2 Å². The lowest BCUT2D eigenvalue weighted by Crippen LogP contribution is -2.28. The summed E-state index contributed by atoms with van der Waals surface area (Å²) in [6, 6.07) is 15.3. The van der Waals surface area contributed by atoms with Crippen LogP contribution in [-0.4, -0.2) is 29.8 Å². The number of hydrogen-bond acceptors (Lipinski definition) is 2. The van der Waals surface area contributed by atoms with Gasteiger partial charge in [-0.1, -0.05) is 35.9 Å². The van der Waals surface area contributed by atoms with Crippen LogP contribution in [0.3, 0.4) is 0 Å². The highest BCUT2D eigenvalue weighted by atomic mass is 35.5. The van der Waals surface area contributed by atoms with Crippen molar-refractivity contribution in [1.82, 2.24) is 10.2 Å². The van der Waals surface area contributed by atoms with Crippen molar-refractivity contribution in [3.63, 3.8) is 0 Å². The van der Waals surface area contributed by atoms with E-state index < -0.39 is 0 Å². The molecule has 4 nitrogen and oxygen atoms in total. The second-order valence-corrected chi connectivity index (χ2v) is 7.39. The molecule has 1 heterocycles. The van der Waals surface area contributed by atoms with Gasteiger partial charge in [0.25, 0.3) is 5.91 Å². The number of benzene rings is 2. The Balaban J connectivity index is 1.43. The van der Waals surface area contributed by atoms with Gasteiger partial charge in [0.15, 0.2) is 0 Å². The first-order valence-corrected chi connectivity index (χ1v) is 9.89. The lowest BCUT2D eigenvalue weighted by Gasteiger charge is -2.15. The van der Waals surface area contributed by atoms with Crippen LogP contribution in [0, 0.1) is 0 Å². The summed E-state index contributed by atoms with van der Waals surface area (Å²) in [7, 11) is 0. The third kappa shape index (κ3) is 5.83. The van der Waals surface area contributed by atoms with Crippen LogP contribution in [0.1, 0.15) is 47.2 Å². The van der Waals surface area contributed by atoms with Gasteiger partial charge in [-0.2, -0.15) is 0 Å². The van der Waals surface area contributed by atoms with Gasteiger partial charge in [0.2, 0.25) is 5.91 Å². The van der Waals surface area contributed by atoms with E-state index in [1.807, 2.05) is 53.4 Å². The standard InChI is InChI=1S/C22H25ClN2O2/c23-20-11-9-17(10-12-20)5-4-8-21(26)24-16-18-6-3-7-19(15-18)22(27)25-13-1-2-14-25/h3,6-7,9-12,15H,1-2,4-5,8,13-14,16H2,(H,24,26). The van der Waals surface area contributed by atoms with Crippen molar-refractivity contribution < 1.29 is 9.59 Å². The molecule has 1 saturated heterocycles. The van der Waals surface area contributed by atoms with Crippen molar-refractivity contribution in [2.75, 3.05) is 13.1 Å². The number of carbonyl (C=O) groups excluding carboxylic acids is 2. The molecule has 3 rings (SSSR count). The monoisotopic (exact) mass is 384 g/mol. The maximum Gasteiger partial charge on any atom is 0.253 e. The van der Waals surface area contributed by atoms with E-state index in [2.05, 4.69) is 5.32 Å². The quantitative estimate of drug-likeness (QED) is 0.777. The molecule has 0 bridgehead atoms. The van der Waals surface area contributed by atoms with E-state index in [1.54, 1.807) is 0 Å². The highest BCUT2D eigenvalue weighted by molar-refractivity contribution is 6.30. The van der Waals surface area contributed by atoms with Crippen LogP contribution >= 0.6 is 11.6 Å². The number of nitrogens with one attached hydrogen (secondary N) is 1. The fourth-order valence-electron chi connectivity index (χ4n) is 3.31. The minimum atomic E-state index is 0.0280. The molecule has 5 heteroatoms. The van der Waals surface area contributed by atoms with Crippen LogP contribution in [0.15, 0.2) is 48.5 Å². The zero-order valence-electron chi connectivity index (χ0n) is 15.4. The highest BCUT2D eigenvalue weighted by Crippen LogP contribution is 2.14. The van der Waals surface area contributed by atoms with Gasteiger partial charge in [0.05, 0.1) is 0 Å². The molecule has 1 aliphatic heterocycles. The second-order valence-electron chi connectivity index (χ2n) is 6.96. The first kappa shape index (κ1) is 19.4. The minimum Gasteiger partial charge on any atom is -0.352 e. The van der Waals surface area contributed by atoms with E-state index in [9.17, 15) is 9.59 Å². The molecule has 1 fully saturated rings. The molecular weight excluding hydrogens is 360 g/mol. The Bertz CT molecular complexity index is 783. The van der Waals surface area contributed by atoms with Crippen LogP contribution in [-0.2, 0) is 17.8 Å². The van der Waals surface area contributed by atoms with Crippen molar-refractivity contribution in [2.24, 2.45) is 0 Å². The molecule has 0 spiro atoms. The molecule has 0 aromatic heterocycles. The molecule has 1 N–H and O–H groups in total. The average molecular weight is 385 g/mol. The smallest absolute Gasteiger partial charge is 0.253 e. The largest absolute Gasteiger partial charge is 0.352 e. The molecule has 1 aliphatic rings. The lowest BCUT2D eigenvalue weighted by molar-refractivity contribution is -0.121. The normalized spacial score (nSPS) is 13.6. The number of amides is 2. The molecule has 142 valence electrons. The number of carbonyl (C=O) groups is 2. The zero-order chi connectivity index (χ0) is 19.1. The topological polar surface area (TPSA) is 49.4 Å². The number of rotatable bonds is 7. The average Bonchev–Trinajstić information content (AvgIpc) is 3.22. The molecule has 2 amide bonds. The van der Waals surface area contributed by atoms with E-state index in [0.29, 0.717) is 18.5 Å². The molecule has 0 unspecified atom stereocenters. The Kier molecular flexibility index (Phi) is 6.88. The Labute approximate surface area is 165 Å². The first-order valence-electron chi connectivity index (χ1n) is 9.51. The van der Waals surface area contributed by atoms with Gasteiger partial charge < -0.3 is 10.2 Å². The zero-order valence-corrected chi connectivity index (χ0v) is 16.2. The summed E-state index contributed by atoms with van der Waals surface area (Å²) in [5.74, 6) is 0.115. The molecule has 0 aliphatic carbocycles. The van der Waals surface area contributed by atoms with Crippen LogP contribution < -0.4 is 5.32 Å². The Morgan fingerprint density at radius 1 is 1.00 bits per heavy atom. The van der Waals surface area contributed by atoms with Crippen molar-refractivity contribution in [3.8, 4) is 0 Å². The van der Waals surface area contributed by atoms with Gasteiger partial charge in [0.1, 0.15) is 0 Å². The lowest BCUT2D eigenvalue weighted by atomic mass is 10.1. The molecule has 2 aromatic carbocycles. The fraction of sp³-hybridized carbons (Fsp3) is 0.364. The molecule has 0 radical (unpaired) electrons. The highest BCUT2D eigenvalue weighted by Gasteiger charge is 2.19. The first-order chi connectivity index (χ1) is 13.1. The summed E-state index contributed by atoms with van der Waals surface area (Å²) in [5.41, 5.74) is 2.83. The summed E-state index contributed by atoms with van der Waals surface area (Å²) in [5, 5.41) is 3.67. The number of aryl methyl sites for hydroxylation is 1. The van der Waals surface area contributed by atoms with Crippen molar-refractivity contribution in [2.45, 2.75) is 38.6 Å². The van der Waals surface area contributed by atoms with Gasteiger partial charge >= 0.3 is 0 Å². The van der Waals surface area contributed by atoms with Crippen LogP contribution in [0.2, 0.25) is 5.02 Å². The van der Waals surface area contributed by atoms with Gasteiger partial charge in [0, 0.05) is 36.6 Å². The summed E-state index contributed by atoms with van der Waals surface area (Å²) in [4.78, 5) is 26.4. The van der Waals surface area contributed by atoms with E-state index in [1.165, 1.54) is 5.56 Å². The maximum absolute atomic E-state index is 12.5. The maximum atomic E-state index is 12.5. The third-order valence-corrected chi connectivity index (χ3v) is 5.09. The summed E-state index contributed by atoms with van der Waals surface area (Å²) >= 11 is 5.88. The van der Waals surface area contributed by atoms with E-state index in [-0.39, 0.29) is 11.8 Å². The second kappa shape index (κ2) is 9.56. The molecule has 0 atom stereocenters. The summed E-state index contributed by atoms with van der Waals surface area (Å²) < 4.78 is 0. The summed E-state index contributed by atoms with van der Waals surface area (Å²) in [6.45, 7) is 2.13. The predicted molar refractivity (Wildman–Crippen MR) is 108 cm³/mol. The van der Waals surface area contributed by atoms with Crippen LogP contribution in [0.25, 0.3) is 0 Å². The molecule has 0 saturated carbocycles. The predicted octanol–water partition coefficient (Wildman–Crippen LogP) is 4.22. The van der Waals surface area contributed by atoms with Crippen molar-refractivity contribution in [1.29, 1.82) is 0 Å². The van der Waals surface area contributed by atoms with Gasteiger partial charge in [-0.25, -0.2) is 0 Å². The Hall–Kier alpha value is -2.33. The minimum absolute atomic E-state index is 0.0280. The van der Waals surface area contributed by atoms with Crippen LogP contribution in [0.5, 0.6) is 0 Å². The number of nitrogens with zero attached hydrogens (tertiary/aromatic N) is 1. The van der Waals surface area contributed by atoms with Crippen LogP contribution in [0.4, 0.5) is 0 Å². The number of halogens is 1. The number of hydrogen-bond donors (Lipinski definition) is 1. The Morgan fingerprint density at radius 2 is 1.74 bits per heavy atom. The van der Waals surface area contributed by atoms with Gasteiger partial charge in [-0.05, 0) is 61.1 Å². The molecular formula is C22H25ClN2O2. The van der Waals surface area contributed by atoms with Gasteiger partial charge in [-0.15, -0.1) is 0 Å².